The smallest absolute Gasteiger partial charge is 0.254 e. The van der Waals surface area contributed by atoms with Gasteiger partial charge in [0, 0.05) is 30.7 Å². The fourth-order valence-electron chi connectivity index (χ4n) is 3.45. The van der Waals surface area contributed by atoms with Gasteiger partial charge in [-0.1, -0.05) is 25.1 Å². The Bertz CT molecular complexity index is 461. The maximum Gasteiger partial charge on any atom is 0.254 e. The Hall–Kier alpha value is -1.35. The lowest BCUT2D eigenvalue weighted by Gasteiger charge is -2.38. The average molecular weight is 286 g/mol. The standard InChI is InChI=1S/C18H26N2O/c1-2-12-19-13-10-17(11-14-19)20(16-8-9-16)18(21)15-6-4-3-5-7-15/h3-7,16-17H,2,8-14H2,1H3. The molecule has 1 heterocycles. The number of benzene rings is 1. The first kappa shape index (κ1) is 14.6. The molecule has 0 N–H and O–H groups in total. The lowest BCUT2D eigenvalue weighted by atomic mass is 10.0. The predicted octanol–water partition coefficient (Wildman–Crippen LogP) is 3.17. The Morgan fingerprint density at radius 1 is 1.10 bits per heavy atom. The summed E-state index contributed by atoms with van der Waals surface area (Å²) in [6.07, 6.45) is 5.87. The van der Waals surface area contributed by atoms with Crippen molar-refractivity contribution in [1.82, 2.24) is 9.80 Å². The minimum atomic E-state index is 0.243. The van der Waals surface area contributed by atoms with Gasteiger partial charge in [0.05, 0.1) is 0 Å². The van der Waals surface area contributed by atoms with Gasteiger partial charge in [0.25, 0.3) is 5.91 Å². The van der Waals surface area contributed by atoms with Gasteiger partial charge in [0.1, 0.15) is 0 Å². The largest absolute Gasteiger partial charge is 0.333 e. The zero-order chi connectivity index (χ0) is 14.7. The van der Waals surface area contributed by atoms with E-state index in [2.05, 4.69) is 16.7 Å². The van der Waals surface area contributed by atoms with Crippen molar-refractivity contribution in [2.24, 2.45) is 0 Å². The van der Waals surface area contributed by atoms with E-state index < -0.39 is 0 Å². The molecule has 2 fully saturated rings. The summed E-state index contributed by atoms with van der Waals surface area (Å²) in [7, 11) is 0. The molecule has 0 aromatic heterocycles. The van der Waals surface area contributed by atoms with Crippen LogP contribution in [-0.2, 0) is 0 Å². The molecular weight excluding hydrogens is 260 g/mol. The fourth-order valence-corrected chi connectivity index (χ4v) is 3.45. The van der Waals surface area contributed by atoms with Crippen LogP contribution in [0.3, 0.4) is 0 Å². The molecule has 0 spiro atoms. The monoisotopic (exact) mass is 286 g/mol. The predicted molar refractivity (Wildman–Crippen MR) is 85.4 cm³/mol. The topological polar surface area (TPSA) is 23.6 Å². The highest BCUT2D eigenvalue weighted by molar-refractivity contribution is 5.94. The molecule has 1 saturated heterocycles. The molecular formula is C18H26N2O. The number of hydrogen-bond acceptors (Lipinski definition) is 2. The number of likely N-dealkylation sites (tertiary alicyclic amines) is 1. The Morgan fingerprint density at radius 2 is 1.71 bits per heavy atom. The summed E-state index contributed by atoms with van der Waals surface area (Å²) in [6, 6.07) is 10.7. The van der Waals surface area contributed by atoms with Gasteiger partial charge in [-0.15, -0.1) is 0 Å². The normalized spacial score (nSPS) is 20.4. The highest BCUT2D eigenvalue weighted by Crippen LogP contribution is 2.33. The molecule has 1 amide bonds. The first-order valence-electron chi connectivity index (χ1n) is 8.39. The van der Waals surface area contributed by atoms with Crippen molar-refractivity contribution in [1.29, 1.82) is 0 Å². The first-order chi connectivity index (χ1) is 10.3. The molecule has 1 saturated carbocycles. The molecule has 1 aliphatic heterocycles. The number of amides is 1. The molecule has 0 unspecified atom stereocenters. The van der Waals surface area contributed by atoms with E-state index in [1.54, 1.807) is 0 Å². The Labute approximate surface area is 127 Å². The summed E-state index contributed by atoms with van der Waals surface area (Å²) >= 11 is 0. The lowest BCUT2D eigenvalue weighted by molar-refractivity contribution is 0.0550. The van der Waals surface area contributed by atoms with Gasteiger partial charge in [-0.2, -0.15) is 0 Å². The number of piperidine rings is 1. The molecule has 3 rings (SSSR count). The lowest BCUT2D eigenvalue weighted by Crippen LogP contribution is -2.48. The van der Waals surface area contributed by atoms with Crippen LogP contribution in [0.25, 0.3) is 0 Å². The van der Waals surface area contributed by atoms with E-state index in [4.69, 9.17) is 0 Å². The van der Waals surface area contributed by atoms with E-state index in [0.717, 1.165) is 31.5 Å². The van der Waals surface area contributed by atoms with Crippen LogP contribution in [0.15, 0.2) is 30.3 Å². The van der Waals surface area contributed by atoms with Gasteiger partial charge in [-0.25, -0.2) is 0 Å². The maximum absolute atomic E-state index is 12.8. The summed E-state index contributed by atoms with van der Waals surface area (Å²) < 4.78 is 0. The van der Waals surface area contributed by atoms with Crippen LogP contribution in [-0.4, -0.2) is 47.4 Å². The van der Waals surface area contributed by atoms with E-state index in [0.29, 0.717) is 12.1 Å². The minimum Gasteiger partial charge on any atom is -0.333 e. The van der Waals surface area contributed by atoms with Crippen molar-refractivity contribution in [3.8, 4) is 0 Å². The second kappa shape index (κ2) is 6.61. The first-order valence-corrected chi connectivity index (χ1v) is 8.39. The molecule has 1 aliphatic carbocycles. The molecule has 114 valence electrons. The van der Waals surface area contributed by atoms with Crippen LogP contribution in [0.4, 0.5) is 0 Å². The molecule has 3 heteroatoms. The third-order valence-corrected chi connectivity index (χ3v) is 4.69. The summed E-state index contributed by atoms with van der Waals surface area (Å²) in [4.78, 5) is 17.6. The highest BCUT2D eigenvalue weighted by Gasteiger charge is 2.38. The van der Waals surface area contributed by atoms with E-state index in [1.165, 1.54) is 25.8 Å². The van der Waals surface area contributed by atoms with Crippen LogP contribution in [0.5, 0.6) is 0 Å². The van der Waals surface area contributed by atoms with E-state index in [-0.39, 0.29) is 5.91 Å². The quantitative estimate of drug-likeness (QED) is 0.830. The van der Waals surface area contributed by atoms with Crippen LogP contribution >= 0.6 is 0 Å². The molecule has 21 heavy (non-hydrogen) atoms. The second-order valence-electron chi connectivity index (χ2n) is 6.38. The Kier molecular flexibility index (Phi) is 4.59. The van der Waals surface area contributed by atoms with E-state index >= 15 is 0 Å². The van der Waals surface area contributed by atoms with Crippen LogP contribution in [0, 0.1) is 0 Å². The van der Waals surface area contributed by atoms with Gasteiger partial charge in [-0.05, 0) is 50.8 Å². The van der Waals surface area contributed by atoms with Crippen molar-refractivity contribution in [2.45, 2.75) is 51.1 Å². The maximum atomic E-state index is 12.8. The number of hydrogen-bond donors (Lipinski definition) is 0. The van der Waals surface area contributed by atoms with Gasteiger partial charge >= 0.3 is 0 Å². The van der Waals surface area contributed by atoms with Gasteiger partial charge in [-0.3, -0.25) is 4.79 Å². The van der Waals surface area contributed by atoms with Crippen molar-refractivity contribution in [3.63, 3.8) is 0 Å². The number of nitrogens with zero attached hydrogens (tertiary/aromatic N) is 2. The van der Waals surface area contributed by atoms with E-state index in [1.807, 2.05) is 30.3 Å². The Balaban J connectivity index is 1.67. The average Bonchev–Trinajstić information content (AvgIpc) is 3.35. The zero-order valence-corrected chi connectivity index (χ0v) is 13.0. The second-order valence-corrected chi connectivity index (χ2v) is 6.38. The molecule has 2 aliphatic rings. The number of carbonyl (C=O) groups excluding carboxylic acids is 1. The zero-order valence-electron chi connectivity index (χ0n) is 13.0. The van der Waals surface area contributed by atoms with Gasteiger partial charge < -0.3 is 9.80 Å². The van der Waals surface area contributed by atoms with E-state index in [9.17, 15) is 4.79 Å². The van der Waals surface area contributed by atoms with Crippen LogP contribution in [0.2, 0.25) is 0 Å². The summed E-state index contributed by atoms with van der Waals surface area (Å²) in [5, 5.41) is 0. The SMILES string of the molecule is CCCN1CCC(N(C(=O)c2ccccc2)C2CC2)CC1. The summed E-state index contributed by atoms with van der Waals surface area (Å²) in [5.74, 6) is 0.243. The third-order valence-electron chi connectivity index (χ3n) is 4.69. The molecule has 1 aromatic carbocycles. The van der Waals surface area contributed by atoms with Crippen molar-refractivity contribution < 1.29 is 4.79 Å². The molecule has 0 bridgehead atoms. The number of rotatable bonds is 5. The summed E-state index contributed by atoms with van der Waals surface area (Å²) in [5.41, 5.74) is 0.848. The van der Waals surface area contributed by atoms with Crippen molar-refractivity contribution >= 4 is 5.91 Å². The minimum absolute atomic E-state index is 0.243. The molecule has 1 aromatic rings. The molecule has 0 atom stereocenters. The van der Waals surface area contributed by atoms with Crippen LogP contribution < -0.4 is 0 Å². The highest BCUT2D eigenvalue weighted by atomic mass is 16.2. The third kappa shape index (κ3) is 3.46. The van der Waals surface area contributed by atoms with Crippen LogP contribution in [0.1, 0.15) is 49.4 Å². The fraction of sp³-hybridized carbons (Fsp3) is 0.611. The van der Waals surface area contributed by atoms with Crippen molar-refractivity contribution in [2.75, 3.05) is 19.6 Å². The van der Waals surface area contributed by atoms with Gasteiger partial charge in [0.2, 0.25) is 0 Å². The molecule has 3 nitrogen and oxygen atoms in total. The number of carbonyl (C=O) groups is 1. The molecule has 0 radical (unpaired) electrons. The van der Waals surface area contributed by atoms with Gasteiger partial charge in [0.15, 0.2) is 0 Å². The van der Waals surface area contributed by atoms with Crippen molar-refractivity contribution in [3.05, 3.63) is 35.9 Å². The Morgan fingerprint density at radius 3 is 2.29 bits per heavy atom. The summed E-state index contributed by atoms with van der Waals surface area (Å²) in [6.45, 7) is 5.72.